The number of pyridine rings is 1. The van der Waals surface area contributed by atoms with Gasteiger partial charge in [-0.25, -0.2) is 0 Å². The number of hydrogen-bond acceptors (Lipinski definition) is 4. The summed E-state index contributed by atoms with van der Waals surface area (Å²) in [4.78, 5) is 12.2. The standard InChI is InChI=1S/C18H19Cl2NO4S/c1-3-4-9-26(23,24)25-21-15(10-13(2)11-18(21)22)7-5-14-6-8-16(19)17(20)12-14/h5-8,10-12H,3-4,9H2,1-2H3/b7-5+. The number of halogens is 2. The minimum atomic E-state index is -3.86. The van der Waals surface area contributed by atoms with Crippen molar-refractivity contribution in [2.45, 2.75) is 26.7 Å². The minimum absolute atomic E-state index is 0.153. The number of benzene rings is 1. The average Bonchev–Trinajstić information content (AvgIpc) is 2.57. The van der Waals surface area contributed by atoms with Gasteiger partial charge in [0.25, 0.3) is 5.56 Å². The average molecular weight is 416 g/mol. The van der Waals surface area contributed by atoms with Crippen LogP contribution in [0.2, 0.25) is 10.0 Å². The maximum absolute atomic E-state index is 12.2. The Balaban J connectivity index is 2.40. The molecule has 0 bridgehead atoms. The molecule has 5 nitrogen and oxygen atoms in total. The van der Waals surface area contributed by atoms with Gasteiger partial charge in [-0.05, 0) is 48.7 Å². The summed E-state index contributed by atoms with van der Waals surface area (Å²) >= 11 is 11.9. The van der Waals surface area contributed by atoms with Crippen LogP contribution in [-0.4, -0.2) is 18.9 Å². The lowest BCUT2D eigenvalue weighted by Gasteiger charge is -2.11. The molecule has 0 atom stereocenters. The fourth-order valence-electron chi connectivity index (χ4n) is 2.18. The Hall–Kier alpha value is -1.76. The molecule has 26 heavy (non-hydrogen) atoms. The first-order chi connectivity index (χ1) is 12.2. The van der Waals surface area contributed by atoms with Gasteiger partial charge in [-0.15, -0.1) is 4.73 Å². The van der Waals surface area contributed by atoms with E-state index in [1.807, 2.05) is 6.92 Å². The van der Waals surface area contributed by atoms with Crippen LogP contribution in [-0.2, 0) is 10.1 Å². The molecule has 0 amide bonds. The van der Waals surface area contributed by atoms with Gasteiger partial charge in [-0.3, -0.25) is 9.08 Å². The van der Waals surface area contributed by atoms with Gasteiger partial charge in [-0.1, -0.05) is 48.7 Å². The summed E-state index contributed by atoms with van der Waals surface area (Å²) < 4.78 is 29.9. The van der Waals surface area contributed by atoms with E-state index in [9.17, 15) is 13.2 Å². The summed E-state index contributed by atoms with van der Waals surface area (Å²) in [5, 5.41) is 0.829. The SMILES string of the molecule is CCCCS(=O)(=O)On1c(/C=C/c2ccc(Cl)c(Cl)c2)cc(C)cc1=O. The summed E-state index contributed by atoms with van der Waals surface area (Å²) in [6.07, 6.45) is 4.44. The van der Waals surface area contributed by atoms with Crippen LogP contribution in [0.25, 0.3) is 12.2 Å². The third-order valence-corrected chi connectivity index (χ3v) is 5.39. The van der Waals surface area contributed by atoms with Crippen molar-refractivity contribution in [3.63, 3.8) is 0 Å². The lowest BCUT2D eigenvalue weighted by molar-refractivity contribution is 0.264. The van der Waals surface area contributed by atoms with E-state index in [0.29, 0.717) is 34.1 Å². The predicted octanol–water partition coefficient (Wildman–Crippen LogP) is 4.19. The van der Waals surface area contributed by atoms with Gasteiger partial charge >= 0.3 is 10.1 Å². The first-order valence-electron chi connectivity index (χ1n) is 8.01. The molecular formula is C18H19Cl2NO4S. The van der Waals surface area contributed by atoms with Crippen molar-refractivity contribution in [2.75, 3.05) is 5.75 Å². The highest BCUT2D eigenvalue weighted by molar-refractivity contribution is 7.86. The molecule has 0 radical (unpaired) electrons. The van der Waals surface area contributed by atoms with Gasteiger partial charge in [0.05, 0.1) is 21.5 Å². The maximum atomic E-state index is 12.2. The fraction of sp³-hybridized carbons (Fsp3) is 0.278. The Kier molecular flexibility index (Phi) is 6.92. The Labute approximate surface area is 162 Å². The normalized spacial score (nSPS) is 11.8. The van der Waals surface area contributed by atoms with E-state index in [4.69, 9.17) is 27.5 Å². The third kappa shape index (κ3) is 5.62. The number of aryl methyl sites for hydroxylation is 1. The molecule has 0 aliphatic carbocycles. The highest BCUT2D eigenvalue weighted by Gasteiger charge is 2.15. The van der Waals surface area contributed by atoms with Crippen molar-refractivity contribution < 1.29 is 12.7 Å². The molecule has 0 fully saturated rings. The second-order valence-corrected chi connectivity index (χ2v) is 8.27. The Morgan fingerprint density at radius 3 is 2.50 bits per heavy atom. The molecule has 0 aliphatic rings. The largest absolute Gasteiger partial charge is 0.327 e. The monoisotopic (exact) mass is 415 g/mol. The van der Waals surface area contributed by atoms with Crippen molar-refractivity contribution in [3.05, 3.63) is 67.6 Å². The van der Waals surface area contributed by atoms with Crippen molar-refractivity contribution in [1.82, 2.24) is 4.73 Å². The predicted molar refractivity (Wildman–Crippen MR) is 106 cm³/mol. The van der Waals surface area contributed by atoms with Crippen LogP contribution >= 0.6 is 23.2 Å². The van der Waals surface area contributed by atoms with E-state index in [1.165, 1.54) is 6.07 Å². The van der Waals surface area contributed by atoms with Crippen molar-refractivity contribution in [1.29, 1.82) is 0 Å². The van der Waals surface area contributed by atoms with Crippen LogP contribution in [0.15, 0.2) is 35.1 Å². The molecular weight excluding hydrogens is 397 g/mol. The molecule has 2 aromatic rings. The summed E-state index contributed by atoms with van der Waals surface area (Å²) in [5.74, 6) is -0.153. The molecule has 140 valence electrons. The van der Waals surface area contributed by atoms with E-state index >= 15 is 0 Å². The second-order valence-electron chi connectivity index (χ2n) is 5.79. The zero-order valence-electron chi connectivity index (χ0n) is 14.4. The highest BCUT2D eigenvalue weighted by Crippen LogP contribution is 2.23. The number of nitrogens with zero attached hydrogens (tertiary/aromatic N) is 1. The van der Waals surface area contributed by atoms with Crippen LogP contribution in [0.5, 0.6) is 0 Å². The molecule has 0 unspecified atom stereocenters. The van der Waals surface area contributed by atoms with E-state index in [0.717, 1.165) is 10.3 Å². The minimum Gasteiger partial charge on any atom is -0.284 e. The van der Waals surface area contributed by atoms with Gasteiger partial charge < -0.3 is 0 Å². The van der Waals surface area contributed by atoms with Crippen molar-refractivity contribution in [3.8, 4) is 0 Å². The maximum Gasteiger partial charge on any atom is 0.327 e. The molecule has 1 heterocycles. The number of unbranched alkanes of at least 4 members (excludes halogenated alkanes) is 1. The zero-order chi connectivity index (χ0) is 19.3. The highest BCUT2D eigenvalue weighted by atomic mass is 35.5. The van der Waals surface area contributed by atoms with Crippen LogP contribution < -0.4 is 9.84 Å². The van der Waals surface area contributed by atoms with Crippen LogP contribution in [0.4, 0.5) is 0 Å². The second kappa shape index (κ2) is 8.75. The summed E-state index contributed by atoms with van der Waals surface area (Å²) in [5.41, 5.74) is 1.18. The summed E-state index contributed by atoms with van der Waals surface area (Å²) in [7, 11) is -3.86. The lowest BCUT2D eigenvalue weighted by Crippen LogP contribution is -2.33. The molecule has 1 aromatic carbocycles. The van der Waals surface area contributed by atoms with Crippen molar-refractivity contribution in [2.24, 2.45) is 0 Å². The van der Waals surface area contributed by atoms with Gasteiger partial charge in [-0.2, -0.15) is 8.42 Å². The van der Waals surface area contributed by atoms with E-state index in [-0.39, 0.29) is 5.75 Å². The van der Waals surface area contributed by atoms with E-state index < -0.39 is 15.7 Å². The first-order valence-corrected chi connectivity index (χ1v) is 10.3. The van der Waals surface area contributed by atoms with Crippen LogP contribution in [0.1, 0.15) is 36.6 Å². The molecule has 2 rings (SSSR count). The molecule has 1 aromatic heterocycles. The topological polar surface area (TPSA) is 65.4 Å². The summed E-state index contributed by atoms with van der Waals surface area (Å²) in [6.45, 7) is 3.62. The Morgan fingerprint density at radius 2 is 1.85 bits per heavy atom. The molecule has 0 N–H and O–H groups in total. The van der Waals surface area contributed by atoms with Crippen LogP contribution in [0.3, 0.4) is 0 Å². The van der Waals surface area contributed by atoms with Crippen LogP contribution in [0, 0.1) is 6.92 Å². The first kappa shape index (κ1) is 20.6. The van der Waals surface area contributed by atoms with Gasteiger partial charge in [0.2, 0.25) is 0 Å². The Bertz CT molecular complexity index is 981. The quantitative estimate of drug-likeness (QED) is 0.679. The zero-order valence-corrected chi connectivity index (χ0v) is 16.7. The van der Waals surface area contributed by atoms with Gasteiger partial charge in [0.15, 0.2) is 0 Å². The van der Waals surface area contributed by atoms with E-state index in [2.05, 4.69) is 0 Å². The molecule has 0 saturated carbocycles. The smallest absolute Gasteiger partial charge is 0.284 e. The van der Waals surface area contributed by atoms with Gasteiger partial charge in [0.1, 0.15) is 0 Å². The summed E-state index contributed by atoms with van der Waals surface area (Å²) in [6, 6.07) is 8.04. The Morgan fingerprint density at radius 1 is 1.12 bits per heavy atom. The van der Waals surface area contributed by atoms with Gasteiger partial charge in [0, 0.05) is 6.07 Å². The lowest BCUT2D eigenvalue weighted by atomic mass is 10.2. The molecule has 0 aliphatic heterocycles. The number of rotatable bonds is 7. The third-order valence-electron chi connectivity index (χ3n) is 3.49. The number of hydrogen-bond donors (Lipinski definition) is 0. The molecule has 0 saturated heterocycles. The molecule has 0 spiro atoms. The van der Waals surface area contributed by atoms with Crippen molar-refractivity contribution >= 4 is 45.5 Å². The fourth-order valence-corrected chi connectivity index (χ4v) is 3.59. The number of aromatic nitrogens is 1. The molecule has 8 heteroatoms. The van der Waals surface area contributed by atoms with E-state index in [1.54, 1.807) is 43.3 Å².